The number of ether oxygens (including phenoxy) is 1. The zero-order valence-corrected chi connectivity index (χ0v) is 11.2. The number of benzene rings is 1. The topological polar surface area (TPSA) is 75.6 Å². The number of amides is 1. The molecular weight excluding hydrogens is 246 g/mol. The Morgan fingerprint density at radius 1 is 1.32 bits per heavy atom. The summed E-state index contributed by atoms with van der Waals surface area (Å²) in [7, 11) is 0. The van der Waals surface area contributed by atoms with Crippen molar-refractivity contribution in [3.05, 3.63) is 29.8 Å². The number of carboxylic acids is 1. The first-order chi connectivity index (χ1) is 9.10. The first kappa shape index (κ1) is 15.0. The normalized spacial score (nSPS) is 11.7. The standard InChI is InChI=1S/C14H19NO4/c1-3-7-11(14(17)18)15-13(16)10-8-5-6-9-12(10)19-4-2/h5-6,8-9,11H,3-4,7H2,1-2H3,(H,15,16)(H,17,18). The Bertz CT molecular complexity index is 445. The van der Waals surface area contributed by atoms with Crippen LogP contribution in [0, 0.1) is 0 Å². The molecule has 0 bridgehead atoms. The van der Waals surface area contributed by atoms with E-state index in [-0.39, 0.29) is 0 Å². The van der Waals surface area contributed by atoms with E-state index >= 15 is 0 Å². The molecule has 19 heavy (non-hydrogen) atoms. The molecule has 0 saturated heterocycles. The van der Waals surface area contributed by atoms with Crippen LogP contribution in [0.3, 0.4) is 0 Å². The number of hydrogen-bond donors (Lipinski definition) is 2. The smallest absolute Gasteiger partial charge is 0.326 e. The molecule has 1 amide bonds. The molecule has 0 aliphatic rings. The fourth-order valence-corrected chi connectivity index (χ4v) is 1.72. The molecule has 0 aliphatic heterocycles. The number of carbonyl (C=O) groups is 2. The lowest BCUT2D eigenvalue weighted by atomic mass is 10.1. The maximum absolute atomic E-state index is 12.1. The highest BCUT2D eigenvalue weighted by molar-refractivity contribution is 5.98. The van der Waals surface area contributed by atoms with Crippen molar-refractivity contribution in [1.82, 2.24) is 5.32 Å². The number of para-hydroxylation sites is 1. The highest BCUT2D eigenvalue weighted by Crippen LogP contribution is 2.18. The summed E-state index contributed by atoms with van der Waals surface area (Å²) in [5.41, 5.74) is 0.353. The molecule has 1 unspecified atom stereocenters. The van der Waals surface area contributed by atoms with E-state index in [1.54, 1.807) is 24.3 Å². The molecule has 0 radical (unpaired) electrons. The molecule has 5 heteroatoms. The highest BCUT2D eigenvalue weighted by Gasteiger charge is 2.21. The van der Waals surface area contributed by atoms with Crippen molar-refractivity contribution in [3.63, 3.8) is 0 Å². The van der Waals surface area contributed by atoms with Crippen LogP contribution in [-0.4, -0.2) is 29.6 Å². The summed E-state index contributed by atoms with van der Waals surface area (Å²) in [6.07, 6.45) is 1.09. The molecular formula is C14H19NO4. The molecule has 1 aromatic rings. The van der Waals surface area contributed by atoms with Crippen LogP contribution in [0.2, 0.25) is 0 Å². The Balaban J connectivity index is 2.84. The molecule has 0 fully saturated rings. The molecule has 104 valence electrons. The quantitative estimate of drug-likeness (QED) is 0.791. The minimum atomic E-state index is -1.02. The lowest BCUT2D eigenvalue weighted by molar-refractivity contribution is -0.139. The van der Waals surface area contributed by atoms with E-state index in [0.717, 1.165) is 0 Å². The van der Waals surface area contributed by atoms with E-state index in [0.29, 0.717) is 30.8 Å². The van der Waals surface area contributed by atoms with Gasteiger partial charge in [-0.3, -0.25) is 4.79 Å². The lowest BCUT2D eigenvalue weighted by Crippen LogP contribution is -2.40. The molecule has 0 saturated carbocycles. The number of aliphatic carboxylic acids is 1. The van der Waals surface area contributed by atoms with Gasteiger partial charge in [0.25, 0.3) is 5.91 Å². The van der Waals surface area contributed by atoms with E-state index in [4.69, 9.17) is 9.84 Å². The third kappa shape index (κ3) is 4.28. The largest absolute Gasteiger partial charge is 0.493 e. The van der Waals surface area contributed by atoms with Crippen molar-refractivity contribution in [2.24, 2.45) is 0 Å². The van der Waals surface area contributed by atoms with Crippen molar-refractivity contribution >= 4 is 11.9 Å². The van der Waals surface area contributed by atoms with Crippen LogP contribution in [0.15, 0.2) is 24.3 Å². The van der Waals surface area contributed by atoms with Crippen molar-refractivity contribution < 1.29 is 19.4 Å². The summed E-state index contributed by atoms with van der Waals surface area (Å²) in [6, 6.07) is 5.92. The van der Waals surface area contributed by atoms with E-state index < -0.39 is 17.9 Å². The van der Waals surface area contributed by atoms with Crippen LogP contribution >= 0.6 is 0 Å². The Kier molecular flexibility index (Phi) is 5.85. The van der Waals surface area contributed by atoms with Crippen LogP contribution in [0.4, 0.5) is 0 Å². The van der Waals surface area contributed by atoms with Gasteiger partial charge in [0.05, 0.1) is 12.2 Å². The van der Waals surface area contributed by atoms with Gasteiger partial charge in [-0.05, 0) is 25.5 Å². The third-order valence-electron chi connectivity index (χ3n) is 2.61. The highest BCUT2D eigenvalue weighted by atomic mass is 16.5. The molecule has 1 atom stereocenters. The van der Waals surface area contributed by atoms with Gasteiger partial charge in [-0.15, -0.1) is 0 Å². The second-order valence-corrected chi connectivity index (χ2v) is 4.08. The predicted molar refractivity (Wildman–Crippen MR) is 71.4 cm³/mol. The van der Waals surface area contributed by atoms with E-state index in [1.165, 1.54) is 0 Å². The van der Waals surface area contributed by atoms with Gasteiger partial charge in [-0.2, -0.15) is 0 Å². The minimum Gasteiger partial charge on any atom is -0.493 e. The van der Waals surface area contributed by atoms with Crippen LogP contribution in [0.5, 0.6) is 5.75 Å². The SMILES string of the molecule is CCCC(NC(=O)c1ccccc1OCC)C(=O)O. The van der Waals surface area contributed by atoms with E-state index in [9.17, 15) is 9.59 Å². The average molecular weight is 265 g/mol. The molecule has 0 aliphatic carbocycles. The summed E-state index contributed by atoms with van der Waals surface area (Å²) < 4.78 is 5.35. The zero-order chi connectivity index (χ0) is 14.3. The van der Waals surface area contributed by atoms with Gasteiger partial charge in [-0.25, -0.2) is 4.79 Å². The van der Waals surface area contributed by atoms with Crippen LogP contribution < -0.4 is 10.1 Å². The monoisotopic (exact) mass is 265 g/mol. The first-order valence-corrected chi connectivity index (χ1v) is 6.35. The molecule has 2 N–H and O–H groups in total. The summed E-state index contributed by atoms with van der Waals surface area (Å²) >= 11 is 0. The molecule has 1 aromatic carbocycles. The van der Waals surface area contributed by atoms with Gasteiger partial charge in [0.15, 0.2) is 0 Å². The average Bonchev–Trinajstić information content (AvgIpc) is 2.39. The van der Waals surface area contributed by atoms with Crippen LogP contribution in [0.1, 0.15) is 37.0 Å². The second-order valence-electron chi connectivity index (χ2n) is 4.08. The van der Waals surface area contributed by atoms with Crippen molar-refractivity contribution in [3.8, 4) is 5.75 Å². The van der Waals surface area contributed by atoms with Gasteiger partial charge >= 0.3 is 5.97 Å². The van der Waals surface area contributed by atoms with Crippen LogP contribution in [0.25, 0.3) is 0 Å². The van der Waals surface area contributed by atoms with E-state index in [1.807, 2.05) is 13.8 Å². The summed E-state index contributed by atoms with van der Waals surface area (Å²) in [4.78, 5) is 23.1. The van der Waals surface area contributed by atoms with Gasteiger partial charge in [0.2, 0.25) is 0 Å². The van der Waals surface area contributed by atoms with Gasteiger partial charge in [0, 0.05) is 0 Å². The Labute approximate surface area is 112 Å². The van der Waals surface area contributed by atoms with Crippen molar-refractivity contribution in [2.45, 2.75) is 32.7 Å². The Morgan fingerprint density at radius 3 is 2.58 bits per heavy atom. The van der Waals surface area contributed by atoms with Gasteiger partial charge in [-0.1, -0.05) is 25.5 Å². The van der Waals surface area contributed by atoms with Crippen molar-refractivity contribution in [2.75, 3.05) is 6.61 Å². The lowest BCUT2D eigenvalue weighted by Gasteiger charge is -2.15. The predicted octanol–water partition coefficient (Wildman–Crippen LogP) is 2.07. The summed E-state index contributed by atoms with van der Waals surface area (Å²) in [5, 5.41) is 11.5. The Hall–Kier alpha value is -2.04. The number of rotatable bonds is 7. The number of nitrogens with one attached hydrogen (secondary N) is 1. The van der Waals surface area contributed by atoms with Crippen molar-refractivity contribution in [1.29, 1.82) is 0 Å². The number of carboxylic acid groups (broad SMARTS) is 1. The molecule has 5 nitrogen and oxygen atoms in total. The number of hydrogen-bond acceptors (Lipinski definition) is 3. The molecule has 1 rings (SSSR count). The molecule has 0 spiro atoms. The van der Waals surface area contributed by atoms with E-state index in [2.05, 4.69) is 5.32 Å². The third-order valence-corrected chi connectivity index (χ3v) is 2.61. The molecule has 0 heterocycles. The fraction of sp³-hybridized carbons (Fsp3) is 0.429. The first-order valence-electron chi connectivity index (χ1n) is 6.35. The maximum Gasteiger partial charge on any atom is 0.326 e. The number of carbonyl (C=O) groups excluding carboxylic acids is 1. The molecule has 0 aromatic heterocycles. The fourth-order valence-electron chi connectivity index (χ4n) is 1.72. The Morgan fingerprint density at radius 2 is 2.00 bits per heavy atom. The van der Waals surface area contributed by atoms with Gasteiger partial charge < -0.3 is 15.2 Å². The summed E-state index contributed by atoms with van der Waals surface area (Å²) in [6.45, 7) is 4.14. The maximum atomic E-state index is 12.1. The second kappa shape index (κ2) is 7.41. The van der Waals surface area contributed by atoms with Crippen LogP contribution in [-0.2, 0) is 4.79 Å². The summed E-state index contributed by atoms with van der Waals surface area (Å²) in [5.74, 6) is -0.989. The van der Waals surface area contributed by atoms with Gasteiger partial charge in [0.1, 0.15) is 11.8 Å². The zero-order valence-electron chi connectivity index (χ0n) is 11.2. The minimum absolute atomic E-state index is 0.353.